The molecular weight excluding hydrogens is 242 g/mol. The van der Waals surface area contributed by atoms with Gasteiger partial charge < -0.3 is 5.11 Å². The van der Waals surface area contributed by atoms with E-state index < -0.39 is 5.97 Å². The molecule has 5 nitrogen and oxygen atoms in total. The minimum atomic E-state index is -1.08. The fourth-order valence-corrected chi connectivity index (χ4v) is 1.82. The van der Waals surface area contributed by atoms with Crippen LogP contribution in [0, 0.1) is 0 Å². The van der Waals surface area contributed by atoms with Crippen molar-refractivity contribution in [1.82, 2.24) is 15.0 Å². The number of carboxylic acid groups (broad SMARTS) is 1. The van der Waals surface area contributed by atoms with E-state index in [1.54, 1.807) is 18.2 Å². The molecule has 1 aromatic carbocycles. The predicted molar refractivity (Wildman–Crippen MR) is 62.7 cm³/mol. The van der Waals surface area contributed by atoms with Crippen LogP contribution in [0.2, 0.25) is 5.02 Å². The zero-order valence-electron chi connectivity index (χ0n) is 9.09. The molecule has 0 aliphatic carbocycles. The van der Waals surface area contributed by atoms with Crippen LogP contribution in [0.4, 0.5) is 0 Å². The van der Waals surface area contributed by atoms with Crippen LogP contribution < -0.4 is 0 Å². The highest BCUT2D eigenvalue weighted by Crippen LogP contribution is 2.21. The molecule has 0 bridgehead atoms. The molecule has 2 aromatic rings. The minimum Gasteiger partial charge on any atom is -0.476 e. The predicted octanol–water partition coefficient (Wildman–Crippen LogP) is 2.18. The summed E-state index contributed by atoms with van der Waals surface area (Å²) in [6, 6.07) is 7.09. The van der Waals surface area contributed by atoms with Gasteiger partial charge in [0.1, 0.15) is 0 Å². The molecule has 0 aliphatic heterocycles. The average molecular weight is 252 g/mol. The van der Waals surface area contributed by atoms with Crippen LogP contribution >= 0.6 is 11.6 Å². The SMILES string of the molecule is CCc1c(C(=O)O)nnn1-c1ccccc1Cl. The molecule has 0 aliphatic rings. The van der Waals surface area contributed by atoms with Gasteiger partial charge in [0.15, 0.2) is 5.69 Å². The molecule has 1 heterocycles. The third-order valence-electron chi connectivity index (χ3n) is 2.38. The zero-order chi connectivity index (χ0) is 12.4. The fourth-order valence-electron chi connectivity index (χ4n) is 1.60. The Morgan fingerprint density at radius 1 is 1.47 bits per heavy atom. The number of carbonyl (C=O) groups is 1. The second-order valence-electron chi connectivity index (χ2n) is 3.41. The van der Waals surface area contributed by atoms with Crippen molar-refractivity contribution in [1.29, 1.82) is 0 Å². The lowest BCUT2D eigenvalue weighted by molar-refractivity contribution is 0.0689. The van der Waals surface area contributed by atoms with E-state index in [9.17, 15) is 4.79 Å². The van der Waals surface area contributed by atoms with Gasteiger partial charge in [-0.15, -0.1) is 5.10 Å². The summed E-state index contributed by atoms with van der Waals surface area (Å²) >= 11 is 6.04. The average Bonchev–Trinajstić information content (AvgIpc) is 2.73. The van der Waals surface area contributed by atoms with Gasteiger partial charge in [0.05, 0.1) is 16.4 Å². The van der Waals surface area contributed by atoms with Crippen LogP contribution in [0.5, 0.6) is 0 Å². The Hall–Kier alpha value is -1.88. The molecule has 0 saturated carbocycles. The van der Waals surface area contributed by atoms with Crippen LogP contribution in [0.1, 0.15) is 23.1 Å². The van der Waals surface area contributed by atoms with Gasteiger partial charge in [-0.2, -0.15) is 0 Å². The van der Waals surface area contributed by atoms with Crippen molar-refractivity contribution in [2.24, 2.45) is 0 Å². The van der Waals surface area contributed by atoms with Gasteiger partial charge in [0.2, 0.25) is 0 Å². The quantitative estimate of drug-likeness (QED) is 0.908. The van der Waals surface area contributed by atoms with Crippen molar-refractivity contribution in [3.8, 4) is 5.69 Å². The Morgan fingerprint density at radius 3 is 2.76 bits per heavy atom. The highest BCUT2D eigenvalue weighted by molar-refractivity contribution is 6.32. The minimum absolute atomic E-state index is 0.0348. The maximum atomic E-state index is 11.0. The highest BCUT2D eigenvalue weighted by atomic mass is 35.5. The number of halogens is 1. The van der Waals surface area contributed by atoms with E-state index in [0.29, 0.717) is 22.8 Å². The lowest BCUT2D eigenvalue weighted by Gasteiger charge is -2.06. The summed E-state index contributed by atoms with van der Waals surface area (Å²) in [6.45, 7) is 1.85. The lowest BCUT2D eigenvalue weighted by Crippen LogP contribution is -2.06. The van der Waals surface area contributed by atoms with Crippen molar-refractivity contribution in [3.05, 3.63) is 40.7 Å². The zero-order valence-corrected chi connectivity index (χ0v) is 9.85. The van der Waals surface area contributed by atoms with Crippen molar-refractivity contribution in [2.45, 2.75) is 13.3 Å². The molecule has 17 heavy (non-hydrogen) atoms. The maximum Gasteiger partial charge on any atom is 0.358 e. The standard InChI is InChI=1S/C11H10ClN3O2/c1-2-8-10(11(16)17)13-14-15(8)9-6-4-3-5-7(9)12/h3-6H,2H2,1H3,(H,16,17). The second kappa shape index (κ2) is 4.55. The third kappa shape index (κ3) is 2.01. The van der Waals surface area contributed by atoms with E-state index in [2.05, 4.69) is 10.3 Å². The Morgan fingerprint density at radius 2 is 2.18 bits per heavy atom. The Kier molecular flexibility index (Phi) is 3.10. The van der Waals surface area contributed by atoms with Crippen LogP contribution in [0.25, 0.3) is 5.69 Å². The first-order valence-electron chi connectivity index (χ1n) is 5.08. The molecule has 0 atom stereocenters. The van der Waals surface area contributed by atoms with E-state index in [4.69, 9.17) is 16.7 Å². The van der Waals surface area contributed by atoms with E-state index in [0.717, 1.165) is 0 Å². The molecule has 0 unspecified atom stereocenters. The summed E-state index contributed by atoms with van der Waals surface area (Å²) in [6.07, 6.45) is 0.514. The first-order valence-corrected chi connectivity index (χ1v) is 5.45. The summed E-state index contributed by atoms with van der Waals surface area (Å²) < 4.78 is 1.46. The Labute approximate surface area is 103 Å². The van der Waals surface area contributed by atoms with Crippen molar-refractivity contribution in [2.75, 3.05) is 0 Å². The van der Waals surface area contributed by atoms with Crippen molar-refractivity contribution < 1.29 is 9.90 Å². The molecule has 2 rings (SSSR count). The molecule has 88 valence electrons. The van der Waals surface area contributed by atoms with Gasteiger partial charge in [-0.1, -0.05) is 35.9 Å². The summed E-state index contributed by atoms with van der Waals surface area (Å²) in [7, 11) is 0. The number of para-hydroxylation sites is 1. The van der Waals surface area contributed by atoms with Crippen molar-refractivity contribution in [3.63, 3.8) is 0 Å². The number of hydrogen-bond donors (Lipinski definition) is 1. The molecule has 0 amide bonds. The van der Waals surface area contributed by atoms with E-state index >= 15 is 0 Å². The van der Waals surface area contributed by atoms with Gasteiger partial charge in [-0.25, -0.2) is 9.48 Å². The summed E-state index contributed by atoms with van der Waals surface area (Å²) in [4.78, 5) is 11.0. The van der Waals surface area contributed by atoms with E-state index in [1.807, 2.05) is 13.0 Å². The molecular formula is C11H10ClN3O2. The number of hydrogen-bond acceptors (Lipinski definition) is 3. The van der Waals surface area contributed by atoms with Gasteiger partial charge in [-0.05, 0) is 18.6 Å². The molecule has 1 N–H and O–H groups in total. The smallest absolute Gasteiger partial charge is 0.358 e. The summed E-state index contributed by atoms with van der Waals surface area (Å²) in [5.74, 6) is -1.08. The first-order chi connectivity index (χ1) is 8.15. The number of aromatic carboxylic acids is 1. The number of benzene rings is 1. The van der Waals surface area contributed by atoms with Gasteiger partial charge in [-0.3, -0.25) is 0 Å². The Bertz CT molecular complexity index is 566. The number of aromatic nitrogens is 3. The lowest BCUT2D eigenvalue weighted by atomic mass is 10.2. The van der Waals surface area contributed by atoms with Crippen molar-refractivity contribution >= 4 is 17.6 Å². The summed E-state index contributed by atoms with van der Waals surface area (Å²) in [5.41, 5.74) is 1.13. The van der Waals surface area contributed by atoms with E-state index in [1.165, 1.54) is 4.68 Å². The maximum absolute atomic E-state index is 11.0. The van der Waals surface area contributed by atoms with Crippen LogP contribution in [0.3, 0.4) is 0 Å². The first kappa shape index (κ1) is 11.6. The molecule has 0 fully saturated rings. The largest absolute Gasteiger partial charge is 0.476 e. The number of carboxylic acids is 1. The number of nitrogens with zero attached hydrogens (tertiary/aromatic N) is 3. The molecule has 6 heteroatoms. The Balaban J connectivity index is 2.61. The normalized spacial score (nSPS) is 10.5. The monoisotopic (exact) mass is 251 g/mol. The molecule has 0 radical (unpaired) electrons. The highest BCUT2D eigenvalue weighted by Gasteiger charge is 2.19. The van der Waals surface area contributed by atoms with Crippen LogP contribution in [0.15, 0.2) is 24.3 Å². The van der Waals surface area contributed by atoms with Gasteiger partial charge >= 0.3 is 5.97 Å². The van der Waals surface area contributed by atoms with Gasteiger partial charge in [0.25, 0.3) is 0 Å². The number of rotatable bonds is 3. The third-order valence-corrected chi connectivity index (χ3v) is 2.70. The van der Waals surface area contributed by atoms with Crippen LogP contribution in [-0.4, -0.2) is 26.1 Å². The van der Waals surface area contributed by atoms with Crippen LogP contribution in [-0.2, 0) is 6.42 Å². The molecule has 0 saturated heterocycles. The molecule has 1 aromatic heterocycles. The second-order valence-corrected chi connectivity index (χ2v) is 3.81. The fraction of sp³-hybridized carbons (Fsp3) is 0.182. The van der Waals surface area contributed by atoms with E-state index in [-0.39, 0.29) is 5.69 Å². The van der Waals surface area contributed by atoms with Gasteiger partial charge in [0, 0.05) is 0 Å². The topological polar surface area (TPSA) is 68.0 Å². The summed E-state index contributed by atoms with van der Waals surface area (Å²) in [5, 5.41) is 17.0. The molecule has 0 spiro atoms.